The molecule has 0 unspecified atom stereocenters. The summed E-state index contributed by atoms with van der Waals surface area (Å²) in [4.78, 5) is 38.5. The van der Waals surface area contributed by atoms with E-state index in [9.17, 15) is 32.7 Å². The molecule has 0 spiro atoms. The first-order valence-electron chi connectivity index (χ1n) is 11.1. The number of nitrogens with zero attached hydrogens (tertiary/aromatic N) is 1. The third-order valence-electron chi connectivity index (χ3n) is 5.86. The lowest BCUT2D eigenvalue weighted by Gasteiger charge is -2.32. The smallest absolute Gasteiger partial charge is 0.416 e. The first kappa shape index (κ1) is 24.8. The molecule has 3 N–H and O–H groups in total. The van der Waals surface area contributed by atoms with Crippen molar-refractivity contribution in [2.24, 2.45) is 0 Å². The van der Waals surface area contributed by atoms with E-state index in [-0.39, 0.29) is 17.2 Å². The minimum Gasteiger partial charge on any atom is -0.478 e. The molecule has 3 amide bonds. The average molecular weight is 497 g/mol. The number of alkyl halides is 3. The number of carbonyl (C=O) groups excluding carboxylic acids is 2. The van der Waals surface area contributed by atoms with E-state index in [4.69, 9.17) is 0 Å². The number of halogens is 3. The van der Waals surface area contributed by atoms with Crippen LogP contribution < -0.4 is 15.5 Å². The minimum atomic E-state index is -4.48. The summed E-state index contributed by atoms with van der Waals surface area (Å²) in [5.41, 5.74) is 1.35. The van der Waals surface area contributed by atoms with Gasteiger partial charge in [-0.3, -0.25) is 4.79 Å². The molecule has 3 aromatic carbocycles. The number of amides is 3. The van der Waals surface area contributed by atoms with Crippen molar-refractivity contribution in [3.63, 3.8) is 0 Å². The Kier molecular flexibility index (Phi) is 6.96. The van der Waals surface area contributed by atoms with Gasteiger partial charge in [0.2, 0.25) is 5.91 Å². The van der Waals surface area contributed by atoms with E-state index in [0.717, 1.165) is 24.3 Å². The van der Waals surface area contributed by atoms with Gasteiger partial charge in [-0.1, -0.05) is 30.3 Å². The van der Waals surface area contributed by atoms with Crippen molar-refractivity contribution in [2.45, 2.75) is 25.1 Å². The average Bonchev–Trinajstić information content (AvgIpc) is 2.85. The highest BCUT2D eigenvalue weighted by Crippen LogP contribution is 2.30. The van der Waals surface area contributed by atoms with Gasteiger partial charge < -0.3 is 20.6 Å². The van der Waals surface area contributed by atoms with Crippen LogP contribution in [0, 0.1) is 0 Å². The predicted octanol–water partition coefficient (Wildman–Crippen LogP) is 5.39. The van der Waals surface area contributed by atoms with Crippen molar-refractivity contribution in [2.75, 3.05) is 16.8 Å². The zero-order valence-corrected chi connectivity index (χ0v) is 18.9. The highest BCUT2D eigenvalue weighted by molar-refractivity contribution is 6.02. The topological polar surface area (TPSA) is 98.7 Å². The van der Waals surface area contributed by atoms with Gasteiger partial charge in [0.15, 0.2) is 0 Å². The standard InChI is InChI=1S/C26H22F3N3O4/c27-26(28,29)17-9-11-18(12-10-17)30-25(36)31-22-6-3-15-32(23(22)33)19-13-7-16(8-14-19)20-4-1-2-5-21(20)24(34)35/h1-2,4-5,7-14,22H,3,6,15H2,(H,34,35)(H2,30,31,36)/t22-/m0/s1. The van der Waals surface area contributed by atoms with Gasteiger partial charge in [0.05, 0.1) is 11.1 Å². The number of piperidine rings is 1. The number of urea groups is 1. The SMILES string of the molecule is O=C(Nc1ccc(C(F)(F)F)cc1)N[C@H]1CCCN(c2ccc(-c3ccccc3C(=O)O)cc2)C1=O. The molecule has 1 aliphatic rings. The number of carboxylic acid groups (broad SMARTS) is 1. The third-order valence-corrected chi connectivity index (χ3v) is 5.86. The number of nitrogens with one attached hydrogen (secondary N) is 2. The highest BCUT2D eigenvalue weighted by atomic mass is 19.4. The van der Waals surface area contributed by atoms with Gasteiger partial charge in [0.1, 0.15) is 6.04 Å². The second-order valence-electron chi connectivity index (χ2n) is 8.26. The van der Waals surface area contributed by atoms with Crippen LogP contribution in [0.5, 0.6) is 0 Å². The van der Waals surface area contributed by atoms with Crippen LogP contribution in [0.15, 0.2) is 72.8 Å². The molecule has 4 rings (SSSR count). The summed E-state index contributed by atoms with van der Waals surface area (Å²) in [6, 6.07) is 16.0. The molecule has 1 saturated heterocycles. The molecule has 0 bridgehead atoms. The third kappa shape index (κ3) is 5.48. The van der Waals surface area contributed by atoms with Gasteiger partial charge >= 0.3 is 18.2 Å². The monoisotopic (exact) mass is 497 g/mol. The van der Waals surface area contributed by atoms with Crippen molar-refractivity contribution >= 4 is 29.3 Å². The fourth-order valence-electron chi connectivity index (χ4n) is 4.08. The van der Waals surface area contributed by atoms with Crippen molar-refractivity contribution < 1.29 is 32.7 Å². The Hall–Kier alpha value is -4.34. The molecule has 1 atom stereocenters. The Balaban J connectivity index is 1.42. The summed E-state index contributed by atoms with van der Waals surface area (Å²) in [5, 5.41) is 14.5. The van der Waals surface area contributed by atoms with Crippen molar-refractivity contribution in [1.82, 2.24) is 5.32 Å². The van der Waals surface area contributed by atoms with Crippen LogP contribution in [-0.4, -0.2) is 35.6 Å². The fraction of sp³-hybridized carbons (Fsp3) is 0.192. The quantitative estimate of drug-likeness (QED) is 0.440. The summed E-state index contributed by atoms with van der Waals surface area (Å²) >= 11 is 0. The maximum Gasteiger partial charge on any atom is 0.416 e. The van der Waals surface area contributed by atoms with Crippen LogP contribution in [0.3, 0.4) is 0 Å². The van der Waals surface area contributed by atoms with Gasteiger partial charge in [-0.2, -0.15) is 13.2 Å². The van der Waals surface area contributed by atoms with Gasteiger partial charge in [-0.15, -0.1) is 0 Å². The second-order valence-corrected chi connectivity index (χ2v) is 8.26. The van der Waals surface area contributed by atoms with E-state index in [1.165, 1.54) is 6.07 Å². The Morgan fingerprint density at radius 1 is 0.944 bits per heavy atom. The second kappa shape index (κ2) is 10.1. The molecule has 1 aliphatic heterocycles. The number of carboxylic acids is 1. The minimum absolute atomic E-state index is 0.165. The Bertz CT molecular complexity index is 1270. The van der Waals surface area contributed by atoms with Crippen molar-refractivity contribution in [1.29, 1.82) is 0 Å². The van der Waals surface area contributed by atoms with Crippen molar-refractivity contribution in [3.8, 4) is 11.1 Å². The van der Waals surface area contributed by atoms with E-state index in [0.29, 0.717) is 36.2 Å². The number of rotatable bonds is 5. The maximum atomic E-state index is 13.0. The normalized spacial score (nSPS) is 15.9. The highest BCUT2D eigenvalue weighted by Gasteiger charge is 2.32. The molecule has 7 nitrogen and oxygen atoms in total. The largest absolute Gasteiger partial charge is 0.478 e. The molecule has 1 fully saturated rings. The van der Waals surface area contributed by atoms with Crippen LogP contribution >= 0.6 is 0 Å². The Morgan fingerprint density at radius 3 is 2.25 bits per heavy atom. The fourth-order valence-corrected chi connectivity index (χ4v) is 4.08. The molecule has 1 heterocycles. The van der Waals surface area contributed by atoms with E-state index in [1.54, 1.807) is 47.4 Å². The summed E-state index contributed by atoms with van der Waals surface area (Å²) in [7, 11) is 0. The van der Waals surface area contributed by atoms with Crippen LogP contribution in [0.1, 0.15) is 28.8 Å². The molecule has 0 aliphatic carbocycles. The number of aromatic carboxylic acids is 1. The lowest BCUT2D eigenvalue weighted by atomic mass is 9.98. The summed E-state index contributed by atoms with van der Waals surface area (Å²) in [6.45, 7) is 0.447. The lowest BCUT2D eigenvalue weighted by Crippen LogP contribution is -2.53. The number of carbonyl (C=O) groups is 3. The Labute approximate surface area is 204 Å². The summed E-state index contributed by atoms with van der Waals surface area (Å²) in [5.74, 6) is -1.35. The summed E-state index contributed by atoms with van der Waals surface area (Å²) in [6.07, 6.45) is -3.43. The molecular weight excluding hydrogens is 475 g/mol. The zero-order valence-electron chi connectivity index (χ0n) is 18.9. The molecule has 0 saturated carbocycles. The van der Waals surface area contributed by atoms with E-state index >= 15 is 0 Å². The first-order valence-corrected chi connectivity index (χ1v) is 11.1. The van der Waals surface area contributed by atoms with Crippen LogP contribution in [0.25, 0.3) is 11.1 Å². The van der Waals surface area contributed by atoms with E-state index < -0.39 is 29.8 Å². The Morgan fingerprint density at radius 2 is 1.61 bits per heavy atom. The number of hydrogen-bond acceptors (Lipinski definition) is 3. The van der Waals surface area contributed by atoms with Crippen LogP contribution in [0.2, 0.25) is 0 Å². The van der Waals surface area contributed by atoms with Gasteiger partial charge in [-0.25, -0.2) is 9.59 Å². The van der Waals surface area contributed by atoms with Gasteiger partial charge in [0.25, 0.3) is 0 Å². The zero-order chi connectivity index (χ0) is 25.9. The van der Waals surface area contributed by atoms with Gasteiger partial charge in [-0.05, 0) is 66.4 Å². The number of anilines is 2. The van der Waals surface area contributed by atoms with Crippen molar-refractivity contribution in [3.05, 3.63) is 83.9 Å². The molecular formula is C26H22F3N3O4. The molecule has 3 aromatic rings. The first-order chi connectivity index (χ1) is 17.1. The van der Waals surface area contributed by atoms with Gasteiger partial charge in [0, 0.05) is 17.9 Å². The molecule has 186 valence electrons. The van der Waals surface area contributed by atoms with E-state index in [1.807, 2.05) is 0 Å². The predicted molar refractivity (Wildman–Crippen MR) is 128 cm³/mol. The maximum absolute atomic E-state index is 13.0. The molecule has 10 heteroatoms. The molecule has 36 heavy (non-hydrogen) atoms. The van der Waals surface area contributed by atoms with Crippen LogP contribution in [0.4, 0.5) is 29.3 Å². The summed E-state index contributed by atoms with van der Waals surface area (Å²) < 4.78 is 38.1. The van der Waals surface area contributed by atoms with Crippen LogP contribution in [-0.2, 0) is 11.0 Å². The molecule has 0 radical (unpaired) electrons. The number of benzene rings is 3. The lowest BCUT2D eigenvalue weighted by molar-refractivity contribution is -0.137. The molecule has 0 aromatic heterocycles. The number of hydrogen-bond donors (Lipinski definition) is 3. The van der Waals surface area contributed by atoms with E-state index in [2.05, 4.69) is 10.6 Å².